The van der Waals surface area contributed by atoms with Crippen LogP contribution in [-0.2, 0) is 10.0 Å². The van der Waals surface area contributed by atoms with Crippen molar-refractivity contribution in [1.29, 1.82) is 0 Å². The molecule has 0 atom stereocenters. The number of aromatic nitrogens is 3. The molecule has 28 heavy (non-hydrogen) atoms. The molecule has 0 spiro atoms. The third-order valence-electron chi connectivity index (χ3n) is 5.29. The lowest BCUT2D eigenvalue weighted by molar-refractivity contribution is 0.394. The second-order valence-electron chi connectivity index (χ2n) is 7.18. The van der Waals surface area contributed by atoms with Gasteiger partial charge in [0.25, 0.3) is 0 Å². The summed E-state index contributed by atoms with van der Waals surface area (Å²) < 4.78 is 37.5. The molecule has 1 aliphatic heterocycles. The molecule has 3 aromatic rings. The van der Waals surface area contributed by atoms with Crippen LogP contribution >= 0.6 is 0 Å². The van der Waals surface area contributed by atoms with Gasteiger partial charge in [0, 0.05) is 25.0 Å². The molecule has 9 heteroatoms. The summed E-state index contributed by atoms with van der Waals surface area (Å²) >= 11 is 0. The molecule has 0 radical (unpaired) electrons. The van der Waals surface area contributed by atoms with E-state index in [1.165, 1.54) is 12.1 Å². The second-order valence-corrected chi connectivity index (χ2v) is 8.92. The van der Waals surface area contributed by atoms with Crippen molar-refractivity contribution in [3.63, 3.8) is 0 Å². The van der Waals surface area contributed by atoms with Crippen molar-refractivity contribution < 1.29 is 12.8 Å². The number of benzene rings is 1. The van der Waals surface area contributed by atoms with Crippen LogP contribution in [0.25, 0.3) is 16.7 Å². The second kappa shape index (κ2) is 7.48. The molecular weight excluding hydrogens is 381 g/mol. The van der Waals surface area contributed by atoms with E-state index < -0.39 is 10.0 Å². The molecule has 0 amide bonds. The highest BCUT2D eigenvalue weighted by molar-refractivity contribution is 7.89. The normalized spacial score (nSPS) is 16.0. The van der Waals surface area contributed by atoms with Crippen molar-refractivity contribution >= 4 is 26.9 Å². The first kappa shape index (κ1) is 18.8. The number of rotatable bonds is 5. The van der Waals surface area contributed by atoms with E-state index in [1.807, 2.05) is 16.8 Å². The Balaban J connectivity index is 1.53. The topological polar surface area (TPSA) is 94.1 Å². The molecular formula is C19H22FN5O2S. The lowest BCUT2D eigenvalue weighted by Gasteiger charge is -2.33. The van der Waals surface area contributed by atoms with Crippen molar-refractivity contribution in [2.45, 2.75) is 19.3 Å². The van der Waals surface area contributed by atoms with Crippen LogP contribution in [0, 0.1) is 11.7 Å². The lowest BCUT2D eigenvalue weighted by atomic mass is 9.94. The molecule has 1 aliphatic rings. The zero-order chi connectivity index (χ0) is 19.7. The molecule has 148 valence electrons. The number of primary sulfonamides is 1. The van der Waals surface area contributed by atoms with E-state index in [1.54, 1.807) is 18.5 Å². The molecule has 3 heterocycles. The van der Waals surface area contributed by atoms with E-state index in [2.05, 4.69) is 14.9 Å². The molecule has 1 aromatic carbocycles. The summed E-state index contributed by atoms with van der Waals surface area (Å²) in [6.07, 6.45) is 5.87. The number of sulfonamides is 1. The molecule has 0 saturated carbocycles. The zero-order valence-electron chi connectivity index (χ0n) is 15.3. The maximum Gasteiger partial charge on any atom is 0.209 e. The molecule has 0 aliphatic carbocycles. The Hall–Kier alpha value is -2.52. The number of nitrogens with two attached hydrogens (primary N) is 1. The Kier molecular flexibility index (Phi) is 5.03. The van der Waals surface area contributed by atoms with E-state index in [-0.39, 0.29) is 11.6 Å². The lowest BCUT2D eigenvalue weighted by Crippen LogP contribution is -2.35. The number of halogens is 1. The summed E-state index contributed by atoms with van der Waals surface area (Å²) in [6, 6.07) is 8.26. The molecule has 0 unspecified atom stereocenters. The minimum absolute atomic E-state index is 0.0376. The molecule has 7 nitrogen and oxygen atoms in total. The van der Waals surface area contributed by atoms with E-state index >= 15 is 0 Å². The highest BCUT2D eigenvalue weighted by Crippen LogP contribution is 2.30. The fraction of sp³-hybridized carbons (Fsp3) is 0.368. The van der Waals surface area contributed by atoms with Gasteiger partial charge in [0.05, 0.1) is 11.1 Å². The summed E-state index contributed by atoms with van der Waals surface area (Å²) in [7, 11) is -3.40. The summed E-state index contributed by atoms with van der Waals surface area (Å²) in [4.78, 5) is 11.1. The summed E-state index contributed by atoms with van der Waals surface area (Å²) in [5.74, 6) is 0.989. The van der Waals surface area contributed by atoms with Crippen LogP contribution in [-0.4, -0.2) is 41.8 Å². The van der Waals surface area contributed by atoms with E-state index in [0.29, 0.717) is 12.3 Å². The van der Waals surface area contributed by atoms with Crippen LogP contribution in [0.5, 0.6) is 0 Å². The summed E-state index contributed by atoms with van der Waals surface area (Å²) in [5.41, 5.74) is 1.61. The molecule has 2 aromatic heterocycles. The van der Waals surface area contributed by atoms with Gasteiger partial charge in [-0.3, -0.25) is 0 Å². The maximum atomic E-state index is 13.2. The molecule has 1 fully saturated rings. The first-order chi connectivity index (χ1) is 13.4. The minimum Gasteiger partial charge on any atom is -0.356 e. The summed E-state index contributed by atoms with van der Waals surface area (Å²) in [5, 5.41) is 6.05. The molecule has 2 N–H and O–H groups in total. The highest BCUT2D eigenvalue weighted by Gasteiger charge is 2.23. The van der Waals surface area contributed by atoms with Crippen molar-refractivity contribution in [1.82, 2.24) is 14.5 Å². The van der Waals surface area contributed by atoms with Gasteiger partial charge in [-0.25, -0.2) is 27.9 Å². The number of nitrogens with zero attached hydrogens (tertiary/aromatic N) is 4. The Bertz CT molecular complexity index is 1070. The minimum atomic E-state index is -3.40. The van der Waals surface area contributed by atoms with Gasteiger partial charge in [-0.1, -0.05) is 0 Å². The van der Waals surface area contributed by atoms with Crippen LogP contribution in [0.1, 0.15) is 19.3 Å². The monoisotopic (exact) mass is 403 g/mol. The fourth-order valence-corrected chi connectivity index (χ4v) is 4.43. The third kappa shape index (κ3) is 4.00. The standard InChI is InChI=1S/C19H22FN5O2S/c20-15-1-3-16(4-2-15)25-11-7-17-18(22-13-23-19(17)25)24-9-5-14(6-10-24)8-12-28(21,26)27/h1-4,7,11,13-14H,5-6,8-10,12H2,(H2,21,26,27). The first-order valence-corrected chi connectivity index (χ1v) is 11.0. The number of fused-ring (bicyclic) bond motifs is 1. The molecule has 0 bridgehead atoms. The third-order valence-corrected chi connectivity index (χ3v) is 6.09. The van der Waals surface area contributed by atoms with Gasteiger partial charge >= 0.3 is 0 Å². The van der Waals surface area contributed by atoms with Gasteiger partial charge in [0.15, 0.2) is 0 Å². The highest BCUT2D eigenvalue weighted by atomic mass is 32.2. The van der Waals surface area contributed by atoms with Gasteiger partial charge in [-0.05, 0) is 55.5 Å². The van der Waals surface area contributed by atoms with Crippen molar-refractivity contribution in [2.75, 3.05) is 23.7 Å². The average molecular weight is 403 g/mol. The van der Waals surface area contributed by atoms with Crippen LogP contribution in [0.2, 0.25) is 0 Å². The number of anilines is 1. The van der Waals surface area contributed by atoms with Crippen LogP contribution in [0.15, 0.2) is 42.9 Å². The van der Waals surface area contributed by atoms with Gasteiger partial charge in [0.1, 0.15) is 23.6 Å². The number of hydrogen-bond donors (Lipinski definition) is 1. The van der Waals surface area contributed by atoms with Gasteiger partial charge in [-0.2, -0.15) is 0 Å². The molecule has 1 saturated heterocycles. The predicted octanol–water partition coefficient (Wildman–Crippen LogP) is 2.45. The summed E-state index contributed by atoms with van der Waals surface area (Å²) in [6.45, 7) is 1.62. The zero-order valence-corrected chi connectivity index (χ0v) is 16.1. The first-order valence-electron chi connectivity index (χ1n) is 9.24. The van der Waals surface area contributed by atoms with Crippen molar-refractivity contribution in [3.8, 4) is 5.69 Å². The van der Waals surface area contributed by atoms with Crippen molar-refractivity contribution in [2.24, 2.45) is 11.1 Å². The Morgan fingerprint density at radius 1 is 1.11 bits per heavy atom. The van der Waals surface area contributed by atoms with E-state index in [9.17, 15) is 12.8 Å². The van der Waals surface area contributed by atoms with E-state index in [4.69, 9.17) is 5.14 Å². The Morgan fingerprint density at radius 2 is 1.82 bits per heavy atom. The van der Waals surface area contributed by atoms with Crippen LogP contribution in [0.4, 0.5) is 10.2 Å². The Labute approximate surface area is 163 Å². The Morgan fingerprint density at radius 3 is 2.50 bits per heavy atom. The predicted molar refractivity (Wildman–Crippen MR) is 106 cm³/mol. The van der Waals surface area contributed by atoms with Gasteiger partial charge in [-0.15, -0.1) is 0 Å². The average Bonchev–Trinajstić information content (AvgIpc) is 3.11. The maximum absolute atomic E-state index is 13.2. The van der Waals surface area contributed by atoms with Crippen LogP contribution in [0.3, 0.4) is 0 Å². The smallest absolute Gasteiger partial charge is 0.209 e. The van der Waals surface area contributed by atoms with E-state index in [0.717, 1.165) is 48.5 Å². The van der Waals surface area contributed by atoms with Gasteiger partial charge < -0.3 is 9.47 Å². The molecule has 4 rings (SSSR count). The fourth-order valence-electron chi connectivity index (χ4n) is 3.76. The number of piperidine rings is 1. The quantitative estimate of drug-likeness (QED) is 0.706. The number of hydrogen-bond acceptors (Lipinski definition) is 5. The van der Waals surface area contributed by atoms with Crippen molar-refractivity contribution in [3.05, 3.63) is 48.7 Å². The SMILES string of the molecule is NS(=O)(=O)CCC1CCN(c2ncnc3c2ccn3-c2ccc(F)cc2)CC1. The largest absolute Gasteiger partial charge is 0.356 e. The van der Waals surface area contributed by atoms with Gasteiger partial charge in [0.2, 0.25) is 10.0 Å². The van der Waals surface area contributed by atoms with Crippen LogP contribution < -0.4 is 10.0 Å².